The Labute approximate surface area is 345 Å². The predicted octanol–water partition coefficient (Wildman–Crippen LogP) is 9.44. The maximum atomic E-state index is 12.8. The van der Waals surface area contributed by atoms with E-state index in [0.29, 0.717) is 12.8 Å². The number of carbonyl (C=O) groups excluding carboxylic acids is 2. The molecule has 10 nitrogen and oxygen atoms in total. The van der Waals surface area contributed by atoms with Crippen molar-refractivity contribution in [2.45, 2.75) is 205 Å². The maximum Gasteiger partial charge on any atom is 0.306 e. The molecule has 0 saturated carbocycles. The molecule has 0 amide bonds. The molecule has 57 heavy (non-hydrogen) atoms. The van der Waals surface area contributed by atoms with Crippen LogP contribution in [0.5, 0.6) is 0 Å². The van der Waals surface area contributed by atoms with Crippen LogP contribution >= 0.6 is 0 Å². The number of hydrogen-bond acceptors (Lipinski definition) is 10. The number of aliphatic hydroxyl groups is 4. The van der Waals surface area contributed by atoms with Gasteiger partial charge in [0.05, 0.1) is 13.2 Å². The van der Waals surface area contributed by atoms with Gasteiger partial charge < -0.3 is 39.4 Å². The van der Waals surface area contributed by atoms with Crippen molar-refractivity contribution in [1.82, 2.24) is 0 Å². The molecule has 1 heterocycles. The molecule has 2 unspecified atom stereocenters. The summed E-state index contributed by atoms with van der Waals surface area (Å²) < 4.78 is 22.1. The van der Waals surface area contributed by atoms with Crippen molar-refractivity contribution in [2.24, 2.45) is 0 Å². The molecule has 0 aromatic carbocycles. The van der Waals surface area contributed by atoms with E-state index in [0.717, 1.165) is 51.4 Å². The van der Waals surface area contributed by atoms with Crippen LogP contribution in [0.4, 0.5) is 0 Å². The summed E-state index contributed by atoms with van der Waals surface area (Å²) in [6, 6.07) is 0. The summed E-state index contributed by atoms with van der Waals surface area (Å²) >= 11 is 0. The third kappa shape index (κ3) is 29.3. The van der Waals surface area contributed by atoms with Gasteiger partial charge in [0.1, 0.15) is 31.0 Å². The van der Waals surface area contributed by atoms with Crippen molar-refractivity contribution in [2.75, 3.05) is 19.8 Å². The number of ether oxygens (including phenoxy) is 4. The van der Waals surface area contributed by atoms with Crippen molar-refractivity contribution in [1.29, 1.82) is 0 Å². The summed E-state index contributed by atoms with van der Waals surface area (Å²) in [5.74, 6) is -0.878. The summed E-state index contributed by atoms with van der Waals surface area (Å²) in [4.78, 5) is 25.3. The molecule has 0 bridgehead atoms. The normalized spacial score (nSPS) is 20.8. The summed E-state index contributed by atoms with van der Waals surface area (Å²) in [6.07, 6.45) is 38.0. The van der Waals surface area contributed by atoms with Crippen LogP contribution in [0, 0.1) is 0 Å². The van der Waals surface area contributed by atoms with E-state index in [2.05, 4.69) is 68.5 Å². The van der Waals surface area contributed by atoms with Gasteiger partial charge in [0.15, 0.2) is 12.4 Å². The van der Waals surface area contributed by atoms with E-state index in [4.69, 9.17) is 18.9 Å². The Balaban J connectivity index is 2.38. The zero-order valence-electron chi connectivity index (χ0n) is 35.6. The molecule has 0 aromatic heterocycles. The Bertz CT molecular complexity index is 1110. The van der Waals surface area contributed by atoms with E-state index >= 15 is 0 Å². The van der Waals surface area contributed by atoms with Crippen molar-refractivity contribution in [3.63, 3.8) is 0 Å². The van der Waals surface area contributed by atoms with Gasteiger partial charge in [-0.15, -0.1) is 0 Å². The van der Waals surface area contributed by atoms with Crippen molar-refractivity contribution in [3.05, 3.63) is 60.8 Å². The molecule has 0 aliphatic carbocycles. The average Bonchev–Trinajstić information content (AvgIpc) is 3.21. The molecule has 1 rings (SSSR count). The first-order valence-corrected chi connectivity index (χ1v) is 22.4. The second-order valence-corrected chi connectivity index (χ2v) is 15.1. The number of unbranched alkanes of at least 4 members (excludes halogenated alkanes) is 15. The summed E-state index contributed by atoms with van der Waals surface area (Å²) in [5, 5.41) is 40.1. The Morgan fingerprint density at radius 1 is 0.544 bits per heavy atom. The van der Waals surface area contributed by atoms with Crippen molar-refractivity contribution in [3.8, 4) is 0 Å². The second kappa shape index (κ2) is 37.7. The number of hydrogen-bond donors (Lipinski definition) is 4. The first kappa shape index (κ1) is 52.4. The molecule has 0 radical (unpaired) electrons. The minimum atomic E-state index is -1.60. The molecular weight excluding hydrogens is 725 g/mol. The lowest BCUT2D eigenvalue weighted by atomic mass is 9.99. The van der Waals surface area contributed by atoms with Gasteiger partial charge in [0.2, 0.25) is 0 Å². The molecule has 1 aliphatic rings. The molecule has 0 spiro atoms. The van der Waals surface area contributed by atoms with Crippen LogP contribution in [-0.2, 0) is 28.5 Å². The van der Waals surface area contributed by atoms with Gasteiger partial charge in [0, 0.05) is 12.8 Å². The average molecular weight is 805 g/mol. The van der Waals surface area contributed by atoms with Crippen LogP contribution in [0.3, 0.4) is 0 Å². The molecule has 10 heteroatoms. The van der Waals surface area contributed by atoms with E-state index in [1.165, 1.54) is 77.0 Å². The van der Waals surface area contributed by atoms with Gasteiger partial charge in [0.25, 0.3) is 0 Å². The molecule has 328 valence electrons. The third-order valence-corrected chi connectivity index (χ3v) is 9.88. The van der Waals surface area contributed by atoms with Gasteiger partial charge in [-0.2, -0.15) is 0 Å². The Morgan fingerprint density at radius 2 is 1.02 bits per heavy atom. The highest BCUT2D eigenvalue weighted by atomic mass is 16.7. The number of rotatable bonds is 36. The number of aliphatic hydroxyl groups excluding tert-OH is 4. The van der Waals surface area contributed by atoms with Gasteiger partial charge >= 0.3 is 11.9 Å². The summed E-state index contributed by atoms with van der Waals surface area (Å²) in [7, 11) is 0. The highest BCUT2D eigenvalue weighted by Crippen LogP contribution is 2.22. The monoisotopic (exact) mass is 805 g/mol. The zero-order chi connectivity index (χ0) is 41.6. The minimum absolute atomic E-state index is 0.197. The highest BCUT2D eigenvalue weighted by molar-refractivity contribution is 5.70. The fourth-order valence-electron chi connectivity index (χ4n) is 6.28. The van der Waals surface area contributed by atoms with Crippen LogP contribution in [0.25, 0.3) is 0 Å². The summed E-state index contributed by atoms with van der Waals surface area (Å²) in [5.41, 5.74) is 0. The van der Waals surface area contributed by atoms with Crippen LogP contribution < -0.4 is 0 Å². The second-order valence-electron chi connectivity index (χ2n) is 15.1. The Hall–Kier alpha value is -2.60. The summed E-state index contributed by atoms with van der Waals surface area (Å²) in [6.45, 7) is 3.30. The van der Waals surface area contributed by atoms with Gasteiger partial charge in [-0.05, 0) is 70.6 Å². The largest absolute Gasteiger partial charge is 0.462 e. The maximum absolute atomic E-state index is 12.8. The van der Waals surface area contributed by atoms with E-state index in [9.17, 15) is 30.0 Å². The molecule has 0 aromatic rings. The lowest BCUT2D eigenvalue weighted by Crippen LogP contribution is -2.59. The lowest BCUT2D eigenvalue weighted by Gasteiger charge is -2.39. The minimum Gasteiger partial charge on any atom is -0.462 e. The van der Waals surface area contributed by atoms with E-state index < -0.39 is 55.4 Å². The number of carbonyl (C=O) groups is 2. The molecule has 4 N–H and O–H groups in total. The fourth-order valence-corrected chi connectivity index (χ4v) is 6.28. The lowest BCUT2D eigenvalue weighted by molar-refractivity contribution is -0.305. The quantitative estimate of drug-likeness (QED) is 0.0274. The molecule has 6 atom stereocenters. The van der Waals surface area contributed by atoms with Crippen molar-refractivity contribution >= 4 is 11.9 Å². The van der Waals surface area contributed by atoms with Crippen LogP contribution in [0.1, 0.15) is 168 Å². The van der Waals surface area contributed by atoms with Crippen LogP contribution in [0.15, 0.2) is 60.8 Å². The zero-order valence-corrected chi connectivity index (χ0v) is 35.6. The fraction of sp³-hybridized carbons (Fsp3) is 0.745. The van der Waals surface area contributed by atoms with E-state index in [1.807, 2.05) is 6.08 Å². The van der Waals surface area contributed by atoms with Crippen LogP contribution in [0.2, 0.25) is 0 Å². The molecule has 1 fully saturated rings. The number of esters is 2. The third-order valence-electron chi connectivity index (χ3n) is 9.88. The Kier molecular flexibility index (Phi) is 34.6. The first-order valence-electron chi connectivity index (χ1n) is 22.4. The van der Waals surface area contributed by atoms with Gasteiger partial charge in [-0.1, -0.05) is 145 Å². The predicted molar refractivity (Wildman–Crippen MR) is 228 cm³/mol. The number of allylic oxidation sites excluding steroid dienone is 10. The molecule has 1 aliphatic heterocycles. The van der Waals surface area contributed by atoms with Crippen molar-refractivity contribution < 1.29 is 49.0 Å². The smallest absolute Gasteiger partial charge is 0.306 e. The highest BCUT2D eigenvalue weighted by Gasteiger charge is 2.44. The Morgan fingerprint density at radius 3 is 1.60 bits per heavy atom. The standard InChI is InChI=1S/C47H80O10/c1-3-5-7-9-11-13-15-17-19-20-22-23-25-27-29-31-33-35-42(49)54-38-40(39-55-47-46(53)45(52)44(51)41(37-48)57-47)56-43(50)36-34-32-30-28-26-24-21-18-16-14-12-10-8-6-4-2/h10-13,17,19,22-23,27,29,40-41,44-48,51-53H,3-9,14-16,18,20-21,24-26,28,30-39H2,1-2H3/b12-10+,13-11+,19-17+,23-22+,29-27+/t40-,41-,44+,45?,46?,47-/m0/s1. The molecular formula is C47H80O10. The van der Waals surface area contributed by atoms with Crippen LogP contribution in [-0.4, -0.2) is 89.0 Å². The van der Waals surface area contributed by atoms with E-state index in [-0.39, 0.29) is 26.1 Å². The van der Waals surface area contributed by atoms with E-state index in [1.54, 1.807) is 0 Å². The first-order chi connectivity index (χ1) is 27.8. The van der Waals surface area contributed by atoms with Gasteiger partial charge in [-0.25, -0.2) is 0 Å². The van der Waals surface area contributed by atoms with Gasteiger partial charge in [-0.3, -0.25) is 9.59 Å². The topological polar surface area (TPSA) is 152 Å². The SMILES string of the molecule is CCCC/C=C/CCCCCCCCCCCC(=O)O[C@@H](COC(=O)CCC/C=C/C/C=C/C/C=C/C/C=C/CCCCC)CO[C@H]1O[C@@H](CO)[C@@H](O)C(O)C1O. The molecule has 1 saturated heterocycles.